The normalized spacial score (nSPS) is 23.2. The SMILES string of the molecule is CC(C)c1ccc(C(=O)OOOC(=O)OC2CCC(C)C(C)C2)cc1. The van der Waals surface area contributed by atoms with Crippen LogP contribution in [0.1, 0.15) is 68.8 Å². The highest BCUT2D eigenvalue weighted by Gasteiger charge is 2.28. The molecule has 25 heavy (non-hydrogen) atoms. The summed E-state index contributed by atoms with van der Waals surface area (Å²) in [5.74, 6) is 0.724. The fraction of sp³-hybridized carbons (Fsp3) is 0.579. The molecule has 0 radical (unpaired) electrons. The average molecular weight is 350 g/mol. The summed E-state index contributed by atoms with van der Waals surface area (Å²) in [6, 6.07) is 6.93. The standard InChI is InChI=1S/C19H26O6/c1-12(2)15-6-8-16(9-7-15)18(20)23-25-24-19(21)22-17-10-5-13(3)14(4)11-17/h6-9,12-14,17H,5,10-11H2,1-4H3. The summed E-state index contributed by atoms with van der Waals surface area (Å²) < 4.78 is 5.16. The third-order valence-electron chi connectivity index (χ3n) is 4.84. The molecule has 3 unspecified atom stereocenters. The van der Waals surface area contributed by atoms with Crippen molar-refractivity contribution >= 4 is 12.1 Å². The smallest absolute Gasteiger partial charge is 0.429 e. The van der Waals surface area contributed by atoms with E-state index in [0.29, 0.717) is 23.3 Å². The Bertz CT molecular complexity index is 580. The maximum absolute atomic E-state index is 11.8. The number of rotatable bonds is 5. The molecule has 1 fully saturated rings. The molecule has 0 amide bonds. The summed E-state index contributed by atoms with van der Waals surface area (Å²) in [6.45, 7) is 8.44. The highest BCUT2D eigenvalue weighted by Crippen LogP contribution is 2.31. The van der Waals surface area contributed by atoms with Gasteiger partial charge >= 0.3 is 12.1 Å². The van der Waals surface area contributed by atoms with Gasteiger partial charge in [0.05, 0.1) is 10.6 Å². The zero-order valence-corrected chi connectivity index (χ0v) is 15.2. The average Bonchev–Trinajstić information content (AvgIpc) is 2.58. The molecular formula is C19H26O6. The lowest BCUT2D eigenvalue weighted by Crippen LogP contribution is -2.29. The van der Waals surface area contributed by atoms with Crippen LogP contribution in [0.25, 0.3) is 0 Å². The molecule has 1 aliphatic carbocycles. The first kappa shape index (κ1) is 19.2. The molecule has 0 bridgehead atoms. The predicted molar refractivity (Wildman–Crippen MR) is 90.6 cm³/mol. The van der Waals surface area contributed by atoms with E-state index in [4.69, 9.17) is 4.74 Å². The van der Waals surface area contributed by atoms with E-state index >= 15 is 0 Å². The second kappa shape index (κ2) is 8.85. The van der Waals surface area contributed by atoms with Crippen LogP contribution in [0.5, 0.6) is 0 Å². The number of hydrogen-bond acceptors (Lipinski definition) is 6. The fourth-order valence-electron chi connectivity index (χ4n) is 2.89. The molecule has 0 aromatic heterocycles. The third kappa shape index (κ3) is 5.74. The predicted octanol–water partition coefficient (Wildman–Crippen LogP) is 4.79. The van der Waals surface area contributed by atoms with Gasteiger partial charge in [-0.25, -0.2) is 14.5 Å². The van der Waals surface area contributed by atoms with Crippen LogP contribution in [0.2, 0.25) is 0 Å². The van der Waals surface area contributed by atoms with Crippen LogP contribution >= 0.6 is 0 Å². The molecule has 0 aliphatic heterocycles. The Morgan fingerprint density at radius 3 is 2.28 bits per heavy atom. The molecule has 6 nitrogen and oxygen atoms in total. The van der Waals surface area contributed by atoms with Crippen molar-refractivity contribution < 1.29 is 29.1 Å². The monoisotopic (exact) mass is 350 g/mol. The quantitative estimate of drug-likeness (QED) is 0.432. The van der Waals surface area contributed by atoms with Crippen molar-refractivity contribution in [1.82, 2.24) is 0 Å². The van der Waals surface area contributed by atoms with Gasteiger partial charge in [-0.05, 0) is 54.7 Å². The van der Waals surface area contributed by atoms with E-state index in [-0.39, 0.29) is 6.10 Å². The highest BCUT2D eigenvalue weighted by atomic mass is 17.5. The zero-order chi connectivity index (χ0) is 18.4. The van der Waals surface area contributed by atoms with Gasteiger partial charge < -0.3 is 4.74 Å². The maximum atomic E-state index is 11.8. The highest BCUT2D eigenvalue weighted by molar-refractivity contribution is 5.88. The van der Waals surface area contributed by atoms with E-state index < -0.39 is 12.1 Å². The van der Waals surface area contributed by atoms with Gasteiger partial charge in [0.2, 0.25) is 0 Å². The van der Waals surface area contributed by atoms with Crippen LogP contribution in [0.15, 0.2) is 24.3 Å². The molecule has 0 N–H and O–H groups in total. The van der Waals surface area contributed by atoms with E-state index in [2.05, 4.69) is 42.5 Å². The Morgan fingerprint density at radius 1 is 1.00 bits per heavy atom. The molecule has 3 atom stereocenters. The molecule has 0 heterocycles. The van der Waals surface area contributed by atoms with Crippen molar-refractivity contribution in [2.24, 2.45) is 11.8 Å². The second-order valence-electron chi connectivity index (χ2n) is 7.06. The van der Waals surface area contributed by atoms with Crippen LogP contribution in [0.3, 0.4) is 0 Å². The Hall–Kier alpha value is -2.08. The molecule has 0 spiro atoms. The Labute approximate surface area is 148 Å². The minimum absolute atomic E-state index is 0.193. The Morgan fingerprint density at radius 2 is 1.68 bits per heavy atom. The van der Waals surface area contributed by atoms with Gasteiger partial charge in [0.25, 0.3) is 0 Å². The minimum atomic E-state index is -1.00. The molecule has 138 valence electrons. The number of ether oxygens (including phenoxy) is 1. The van der Waals surface area contributed by atoms with E-state index in [1.807, 2.05) is 12.1 Å². The summed E-state index contributed by atoms with van der Waals surface area (Å²) in [5, 5.41) is 4.25. The van der Waals surface area contributed by atoms with Crippen molar-refractivity contribution in [3.05, 3.63) is 35.4 Å². The van der Waals surface area contributed by atoms with Gasteiger partial charge in [-0.15, -0.1) is 0 Å². The number of carbonyl (C=O) groups excluding carboxylic acids is 2. The summed E-state index contributed by atoms with van der Waals surface area (Å²) >= 11 is 0. The Kier molecular flexibility index (Phi) is 6.82. The zero-order valence-electron chi connectivity index (χ0n) is 15.2. The van der Waals surface area contributed by atoms with Crippen molar-refractivity contribution in [3.63, 3.8) is 0 Å². The van der Waals surface area contributed by atoms with Gasteiger partial charge in [-0.2, -0.15) is 0 Å². The first-order valence-electron chi connectivity index (χ1n) is 8.73. The molecule has 2 rings (SSSR count). The molecule has 6 heteroatoms. The van der Waals surface area contributed by atoms with Crippen LogP contribution in [-0.2, 0) is 19.6 Å². The maximum Gasteiger partial charge on any atom is 0.543 e. The number of benzene rings is 1. The first-order valence-corrected chi connectivity index (χ1v) is 8.73. The molecule has 1 saturated carbocycles. The lowest BCUT2D eigenvalue weighted by molar-refractivity contribution is -0.453. The Balaban J connectivity index is 1.70. The summed E-state index contributed by atoms with van der Waals surface area (Å²) in [6.07, 6.45) is 1.39. The summed E-state index contributed by atoms with van der Waals surface area (Å²) in [7, 11) is 0. The summed E-state index contributed by atoms with van der Waals surface area (Å²) in [5.41, 5.74) is 1.41. The fourth-order valence-corrected chi connectivity index (χ4v) is 2.89. The van der Waals surface area contributed by atoms with Crippen molar-refractivity contribution in [2.45, 2.75) is 59.0 Å². The molecule has 1 aromatic rings. The van der Waals surface area contributed by atoms with Crippen molar-refractivity contribution in [3.8, 4) is 0 Å². The van der Waals surface area contributed by atoms with Crippen LogP contribution in [-0.4, -0.2) is 18.2 Å². The minimum Gasteiger partial charge on any atom is -0.429 e. The first-order chi connectivity index (χ1) is 11.9. The van der Waals surface area contributed by atoms with Crippen molar-refractivity contribution in [1.29, 1.82) is 0 Å². The largest absolute Gasteiger partial charge is 0.543 e. The van der Waals surface area contributed by atoms with E-state index in [1.165, 1.54) is 0 Å². The van der Waals surface area contributed by atoms with Gasteiger partial charge in [-0.1, -0.05) is 39.8 Å². The number of hydrogen-bond donors (Lipinski definition) is 0. The lowest BCUT2D eigenvalue weighted by Gasteiger charge is -2.30. The molecule has 0 saturated heterocycles. The van der Waals surface area contributed by atoms with E-state index in [9.17, 15) is 9.59 Å². The van der Waals surface area contributed by atoms with E-state index in [1.54, 1.807) is 12.1 Å². The second-order valence-corrected chi connectivity index (χ2v) is 7.06. The van der Waals surface area contributed by atoms with Crippen LogP contribution < -0.4 is 0 Å². The molecule has 1 aromatic carbocycles. The lowest BCUT2D eigenvalue weighted by atomic mass is 9.80. The van der Waals surface area contributed by atoms with Gasteiger partial charge in [0.1, 0.15) is 6.10 Å². The van der Waals surface area contributed by atoms with Gasteiger partial charge in [0.15, 0.2) is 0 Å². The number of carbonyl (C=O) groups is 2. The summed E-state index contributed by atoms with van der Waals surface area (Å²) in [4.78, 5) is 32.2. The molecule has 1 aliphatic rings. The topological polar surface area (TPSA) is 71.1 Å². The van der Waals surface area contributed by atoms with Crippen LogP contribution in [0, 0.1) is 11.8 Å². The van der Waals surface area contributed by atoms with Gasteiger partial charge in [0, 0.05) is 0 Å². The molecular weight excluding hydrogens is 324 g/mol. The van der Waals surface area contributed by atoms with Crippen LogP contribution in [0.4, 0.5) is 4.79 Å². The van der Waals surface area contributed by atoms with Crippen molar-refractivity contribution in [2.75, 3.05) is 0 Å². The van der Waals surface area contributed by atoms with E-state index in [0.717, 1.165) is 24.8 Å². The third-order valence-corrected chi connectivity index (χ3v) is 4.84. The van der Waals surface area contributed by atoms with Gasteiger partial charge in [-0.3, -0.25) is 4.89 Å².